The Morgan fingerprint density at radius 1 is 0.762 bits per heavy atom. The third-order valence-corrected chi connectivity index (χ3v) is 3.44. The zero-order chi connectivity index (χ0) is 18.4. The summed E-state index contributed by atoms with van der Waals surface area (Å²) in [5.41, 5.74) is 2.28. The maximum Gasteiger partial charge on any atom is 0.0829 e. The molecule has 0 bridgehead atoms. The van der Waals surface area contributed by atoms with Crippen LogP contribution in [0.1, 0.15) is 6.85 Å². The van der Waals surface area contributed by atoms with Gasteiger partial charge in [0.25, 0.3) is 0 Å². The van der Waals surface area contributed by atoms with Crippen molar-refractivity contribution in [2.24, 2.45) is 0 Å². The fourth-order valence-electron chi connectivity index (χ4n) is 2.46. The maximum atomic E-state index is 8.76. The molecule has 0 radical (unpaired) electrons. The zero-order valence-corrected chi connectivity index (χ0v) is 11.2. The molecule has 1 heteroatoms. The SMILES string of the molecule is [2H]c1c([2H])c([2H])c2c(c1[2H])c(-c1ccccc1)c([2H])n2-c1ccccc1. The first-order chi connectivity index (χ1) is 12.5. The van der Waals surface area contributed by atoms with Gasteiger partial charge in [0.15, 0.2) is 0 Å². The van der Waals surface area contributed by atoms with Gasteiger partial charge in [0.1, 0.15) is 0 Å². The van der Waals surface area contributed by atoms with Gasteiger partial charge in [-0.3, -0.25) is 0 Å². The summed E-state index contributed by atoms with van der Waals surface area (Å²) >= 11 is 0. The van der Waals surface area contributed by atoms with Gasteiger partial charge < -0.3 is 4.57 Å². The van der Waals surface area contributed by atoms with Crippen LogP contribution in [-0.4, -0.2) is 4.57 Å². The van der Waals surface area contributed by atoms with Crippen molar-refractivity contribution in [2.75, 3.05) is 0 Å². The van der Waals surface area contributed by atoms with Crippen molar-refractivity contribution >= 4 is 10.9 Å². The first kappa shape index (κ1) is 7.84. The summed E-state index contributed by atoms with van der Waals surface area (Å²) in [6, 6.07) is 17.6. The second-order valence-electron chi connectivity index (χ2n) is 4.75. The fraction of sp³-hybridized carbons (Fsp3) is 0. The Balaban J connectivity index is 2.25. The molecule has 0 N–H and O–H groups in total. The lowest BCUT2D eigenvalue weighted by Crippen LogP contribution is -1.90. The Kier molecular flexibility index (Phi) is 1.85. The number of hydrogen-bond donors (Lipinski definition) is 0. The molecule has 0 aliphatic rings. The first-order valence-electron chi connectivity index (χ1n) is 9.24. The second kappa shape index (κ2) is 4.95. The highest BCUT2D eigenvalue weighted by Gasteiger charge is 2.10. The molecule has 0 aliphatic carbocycles. The number of aromatic nitrogens is 1. The smallest absolute Gasteiger partial charge is 0.0829 e. The summed E-state index contributed by atoms with van der Waals surface area (Å²) in [5, 5.41) is 0.371. The summed E-state index contributed by atoms with van der Waals surface area (Å²) in [6.45, 7) is 0. The molecule has 0 aliphatic heterocycles. The van der Waals surface area contributed by atoms with Gasteiger partial charge in [-0.1, -0.05) is 66.7 Å². The van der Waals surface area contributed by atoms with Crippen LogP contribution in [0.15, 0.2) is 91.0 Å². The second-order valence-corrected chi connectivity index (χ2v) is 4.75. The van der Waals surface area contributed by atoms with Crippen LogP contribution >= 0.6 is 0 Å². The monoisotopic (exact) mass is 274 g/mol. The molecular weight excluding hydrogens is 254 g/mol. The highest BCUT2D eigenvalue weighted by atomic mass is 15.0. The molecule has 0 fully saturated rings. The molecule has 21 heavy (non-hydrogen) atoms. The van der Waals surface area contributed by atoms with Crippen molar-refractivity contribution in [3.8, 4) is 16.8 Å². The first-order valence-corrected chi connectivity index (χ1v) is 6.74. The van der Waals surface area contributed by atoms with Crippen LogP contribution in [0.2, 0.25) is 0 Å². The molecule has 4 rings (SSSR count). The minimum atomic E-state index is -0.295. The van der Waals surface area contributed by atoms with E-state index in [-0.39, 0.29) is 30.3 Å². The molecule has 0 saturated heterocycles. The van der Waals surface area contributed by atoms with E-state index in [1.165, 1.54) is 0 Å². The summed E-state index contributed by atoms with van der Waals surface area (Å²) in [6.07, 6.45) is 0.143. The summed E-state index contributed by atoms with van der Waals surface area (Å²) in [7, 11) is 0. The van der Waals surface area contributed by atoms with Crippen LogP contribution in [0.4, 0.5) is 0 Å². The van der Waals surface area contributed by atoms with E-state index in [9.17, 15) is 0 Å². The van der Waals surface area contributed by atoms with E-state index in [0.29, 0.717) is 22.2 Å². The van der Waals surface area contributed by atoms with E-state index in [2.05, 4.69) is 0 Å². The van der Waals surface area contributed by atoms with Crippen molar-refractivity contribution in [1.29, 1.82) is 0 Å². The van der Waals surface area contributed by atoms with E-state index in [1.54, 1.807) is 4.57 Å². The Morgan fingerprint density at radius 2 is 1.43 bits per heavy atom. The quantitative estimate of drug-likeness (QED) is 0.467. The summed E-state index contributed by atoms with van der Waals surface area (Å²) in [4.78, 5) is 0. The number of hydrogen-bond acceptors (Lipinski definition) is 0. The number of benzene rings is 3. The molecular formula is C20H15N. The Labute approximate surface area is 131 Å². The van der Waals surface area contributed by atoms with E-state index < -0.39 is 0 Å². The Morgan fingerprint density at radius 3 is 2.19 bits per heavy atom. The predicted octanol–water partition coefficient (Wildman–Crippen LogP) is 5.30. The van der Waals surface area contributed by atoms with Gasteiger partial charge in [-0.25, -0.2) is 0 Å². The molecule has 0 amide bonds. The standard InChI is InChI=1S/C20H15N/c1-3-9-16(10-4-1)19-15-21(17-11-5-2-6-12-17)20-14-8-7-13-18(19)20/h1-15H/i7D,8D,13D,14D,15D. The number of nitrogens with zero attached hydrogens (tertiary/aromatic N) is 1. The molecule has 1 nitrogen and oxygen atoms in total. The molecule has 100 valence electrons. The lowest BCUT2D eigenvalue weighted by molar-refractivity contribution is 1.13. The van der Waals surface area contributed by atoms with E-state index >= 15 is 0 Å². The molecule has 4 aromatic rings. The van der Waals surface area contributed by atoms with Crippen molar-refractivity contribution < 1.29 is 6.85 Å². The minimum absolute atomic E-state index is 0.122. The topological polar surface area (TPSA) is 4.93 Å². The van der Waals surface area contributed by atoms with Gasteiger partial charge in [0, 0.05) is 22.8 Å². The summed E-state index contributed by atoms with van der Waals surface area (Å²) < 4.78 is 43.2. The maximum absolute atomic E-state index is 8.76. The van der Waals surface area contributed by atoms with Gasteiger partial charge in [0.05, 0.1) is 12.4 Å². The van der Waals surface area contributed by atoms with E-state index in [1.807, 2.05) is 60.7 Å². The summed E-state index contributed by atoms with van der Waals surface area (Å²) in [5.74, 6) is 0. The Hall–Kier alpha value is -2.80. The number of fused-ring (bicyclic) bond motifs is 1. The molecule has 1 heterocycles. The highest BCUT2D eigenvalue weighted by Crippen LogP contribution is 2.32. The van der Waals surface area contributed by atoms with Crippen LogP contribution in [0.3, 0.4) is 0 Å². The van der Waals surface area contributed by atoms with Crippen LogP contribution in [0, 0.1) is 0 Å². The van der Waals surface area contributed by atoms with Gasteiger partial charge >= 0.3 is 0 Å². The van der Waals surface area contributed by atoms with Crippen LogP contribution in [0.25, 0.3) is 27.7 Å². The van der Waals surface area contributed by atoms with Crippen molar-refractivity contribution in [2.45, 2.75) is 0 Å². The van der Waals surface area contributed by atoms with Crippen LogP contribution < -0.4 is 0 Å². The Bertz CT molecular complexity index is 1030. The van der Waals surface area contributed by atoms with E-state index in [0.717, 1.165) is 5.56 Å². The lowest BCUT2D eigenvalue weighted by atomic mass is 10.1. The minimum Gasteiger partial charge on any atom is -0.316 e. The molecule has 3 aromatic carbocycles. The fourth-order valence-corrected chi connectivity index (χ4v) is 2.46. The number of para-hydroxylation sites is 2. The zero-order valence-electron chi connectivity index (χ0n) is 16.2. The average molecular weight is 274 g/mol. The molecule has 0 saturated carbocycles. The molecule has 1 aromatic heterocycles. The van der Waals surface area contributed by atoms with Crippen molar-refractivity contribution in [3.63, 3.8) is 0 Å². The lowest BCUT2D eigenvalue weighted by Gasteiger charge is -2.04. The third kappa shape index (κ3) is 2.03. The van der Waals surface area contributed by atoms with Crippen molar-refractivity contribution in [1.82, 2.24) is 4.57 Å². The molecule has 0 atom stereocenters. The van der Waals surface area contributed by atoms with Gasteiger partial charge in [-0.05, 0) is 23.7 Å². The van der Waals surface area contributed by atoms with Gasteiger partial charge in [-0.2, -0.15) is 0 Å². The van der Waals surface area contributed by atoms with Gasteiger partial charge in [-0.15, -0.1) is 0 Å². The third-order valence-electron chi connectivity index (χ3n) is 3.44. The van der Waals surface area contributed by atoms with E-state index in [4.69, 9.17) is 6.85 Å². The highest BCUT2D eigenvalue weighted by molar-refractivity contribution is 5.97. The normalized spacial score (nSPS) is 14.2. The average Bonchev–Trinajstić information content (AvgIpc) is 2.99. The number of rotatable bonds is 2. The molecule has 0 unspecified atom stereocenters. The van der Waals surface area contributed by atoms with Crippen LogP contribution in [0.5, 0.6) is 0 Å². The van der Waals surface area contributed by atoms with Gasteiger partial charge in [0.2, 0.25) is 0 Å². The van der Waals surface area contributed by atoms with Crippen molar-refractivity contribution in [3.05, 3.63) is 91.0 Å². The predicted molar refractivity (Wildman–Crippen MR) is 88.7 cm³/mol. The van der Waals surface area contributed by atoms with Crippen LogP contribution in [-0.2, 0) is 0 Å². The molecule has 0 spiro atoms. The largest absolute Gasteiger partial charge is 0.316 e.